The van der Waals surface area contributed by atoms with E-state index in [2.05, 4.69) is 6.07 Å². The number of halogens is 3. The van der Waals surface area contributed by atoms with Crippen molar-refractivity contribution in [3.63, 3.8) is 0 Å². The fourth-order valence-corrected chi connectivity index (χ4v) is 0.367. The second-order valence-corrected chi connectivity index (χ2v) is 1.64. The second-order valence-electron chi connectivity index (χ2n) is 1.29. The van der Waals surface area contributed by atoms with Gasteiger partial charge in [0.25, 0.3) is 0 Å². The van der Waals surface area contributed by atoms with Gasteiger partial charge in [-0.1, -0.05) is 0 Å². The van der Waals surface area contributed by atoms with Crippen LogP contribution in [0.4, 0.5) is 9.64 Å². The van der Waals surface area contributed by atoms with E-state index in [0.717, 1.165) is 0 Å². The molecule has 54 valence electrons. The summed E-state index contributed by atoms with van der Waals surface area (Å²) in [4.78, 5) is 0. The summed E-state index contributed by atoms with van der Waals surface area (Å²) in [7, 11) is 0. The van der Waals surface area contributed by atoms with Gasteiger partial charge in [-0.15, -0.1) is 12.1 Å². The van der Waals surface area contributed by atoms with Crippen molar-refractivity contribution < 1.29 is 34.1 Å². The summed E-state index contributed by atoms with van der Waals surface area (Å²) < 4.78 is 31.5. The molecule has 0 heterocycles. The van der Waals surface area contributed by atoms with Crippen LogP contribution in [0.2, 0.25) is 0 Å². The van der Waals surface area contributed by atoms with E-state index in [4.69, 9.17) is 0 Å². The quantitative estimate of drug-likeness (QED) is 0.594. The molecule has 0 saturated heterocycles. The van der Waals surface area contributed by atoms with Gasteiger partial charge in [0.2, 0.25) is 0 Å². The van der Waals surface area contributed by atoms with Crippen LogP contribution in [-0.2, 0) is 24.5 Å². The van der Waals surface area contributed by atoms with Crippen LogP contribution in [0.3, 0.4) is 0 Å². The van der Waals surface area contributed by atoms with Crippen LogP contribution >= 0.6 is 0 Å². The maximum absolute atomic E-state index is 11.9. The topological polar surface area (TPSA) is 0 Å². The van der Waals surface area contributed by atoms with Crippen molar-refractivity contribution >= 4 is 0 Å². The maximum atomic E-state index is 11.9. The van der Waals surface area contributed by atoms with Gasteiger partial charge in [-0.05, 0) is 0 Å². The average Bonchev–Trinajstić information content (AvgIpc) is 1.91. The third-order valence-electron chi connectivity index (χ3n) is 0.678. The average molecular weight is 224 g/mol. The Balaban J connectivity index is 0.000000236. The molecular formula is C6H4F3Zr-. The molecule has 1 aromatic carbocycles. The van der Waals surface area contributed by atoms with Gasteiger partial charge >= 0.3 is 29.7 Å². The number of hydrogen-bond acceptors (Lipinski definition) is 0. The Morgan fingerprint density at radius 2 is 1.60 bits per heavy atom. The third-order valence-corrected chi connectivity index (χ3v) is 0.678. The van der Waals surface area contributed by atoms with E-state index in [9.17, 15) is 9.64 Å². The van der Waals surface area contributed by atoms with Gasteiger partial charge in [0, 0.05) is 5.82 Å². The molecule has 0 unspecified atom stereocenters. The zero-order valence-electron chi connectivity index (χ0n) is 4.94. The van der Waals surface area contributed by atoms with E-state index < -0.39 is 24.5 Å². The van der Waals surface area contributed by atoms with Crippen LogP contribution in [-0.4, -0.2) is 0 Å². The first-order valence-electron chi connectivity index (χ1n) is 2.39. The standard InChI is InChI=1S/C6H4F.2FH.Zr/c7-6-4-2-1-3-5-6;;;/h2-5H;2*1H;/q-1;;;+2/p-2. The van der Waals surface area contributed by atoms with Gasteiger partial charge in [-0.2, -0.15) is 18.2 Å². The Kier molecular flexibility index (Phi) is 6.93. The molecule has 0 radical (unpaired) electrons. The molecule has 0 bridgehead atoms. The van der Waals surface area contributed by atoms with Crippen molar-refractivity contribution in [1.29, 1.82) is 0 Å². The van der Waals surface area contributed by atoms with Gasteiger partial charge < -0.3 is 0 Å². The molecule has 0 aromatic heterocycles. The van der Waals surface area contributed by atoms with Gasteiger partial charge in [0.15, 0.2) is 0 Å². The first-order chi connectivity index (χ1) is 4.81. The van der Waals surface area contributed by atoms with Crippen molar-refractivity contribution in [3.05, 3.63) is 36.1 Å². The summed E-state index contributed by atoms with van der Waals surface area (Å²) in [6.45, 7) is 0. The molecule has 0 aliphatic carbocycles. The first-order valence-corrected chi connectivity index (χ1v) is 4.25. The molecular weight excluding hydrogens is 220 g/mol. The minimum atomic E-state index is -2.77. The molecule has 1 aromatic rings. The van der Waals surface area contributed by atoms with E-state index in [-0.39, 0.29) is 5.82 Å². The molecule has 10 heavy (non-hydrogen) atoms. The Labute approximate surface area is 70.4 Å². The summed E-state index contributed by atoms with van der Waals surface area (Å²) in [6, 6.07) is 8.49. The molecule has 0 amide bonds. The van der Waals surface area contributed by atoms with Crippen molar-refractivity contribution in [2.24, 2.45) is 0 Å². The van der Waals surface area contributed by atoms with Gasteiger partial charge in [-0.3, -0.25) is 0 Å². The van der Waals surface area contributed by atoms with Crippen molar-refractivity contribution in [1.82, 2.24) is 0 Å². The molecule has 1 rings (SSSR count). The van der Waals surface area contributed by atoms with Crippen LogP contribution in [0.15, 0.2) is 24.3 Å². The Morgan fingerprint density at radius 3 is 1.80 bits per heavy atom. The predicted octanol–water partition coefficient (Wildman–Crippen LogP) is 2.46. The zero-order valence-corrected chi connectivity index (χ0v) is 7.40. The van der Waals surface area contributed by atoms with Crippen LogP contribution in [0.25, 0.3) is 0 Å². The first kappa shape index (κ1) is 9.89. The van der Waals surface area contributed by atoms with Crippen LogP contribution < -0.4 is 0 Å². The van der Waals surface area contributed by atoms with E-state index in [1.54, 1.807) is 0 Å². The number of hydrogen-bond donors (Lipinski definition) is 0. The van der Waals surface area contributed by atoms with E-state index in [1.807, 2.05) is 0 Å². The molecule has 0 aliphatic heterocycles. The second kappa shape index (κ2) is 7.01. The molecule has 0 fully saturated rings. The molecule has 0 spiro atoms. The number of rotatable bonds is 0. The Morgan fingerprint density at radius 1 is 1.20 bits per heavy atom. The van der Waals surface area contributed by atoms with Crippen molar-refractivity contribution in [2.45, 2.75) is 0 Å². The summed E-state index contributed by atoms with van der Waals surface area (Å²) in [5.74, 6) is -0.209. The molecule has 0 atom stereocenters. The molecule has 0 saturated carbocycles. The van der Waals surface area contributed by atoms with Crippen molar-refractivity contribution in [3.8, 4) is 0 Å². The summed E-state index contributed by atoms with van der Waals surface area (Å²) in [5, 5.41) is 0. The van der Waals surface area contributed by atoms with Crippen LogP contribution in [0.5, 0.6) is 0 Å². The molecule has 4 heteroatoms. The summed E-state index contributed by atoms with van der Waals surface area (Å²) in [6.07, 6.45) is 0. The summed E-state index contributed by atoms with van der Waals surface area (Å²) >= 11 is -2.77. The van der Waals surface area contributed by atoms with Crippen LogP contribution in [0, 0.1) is 11.9 Å². The summed E-state index contributed by atoms with van der Waals surface area (Å²) in [5.41, 5.74) is 0. The minimum absolute atomic E-state index is 0.209. The van der Waals surface area contributed by atoms with Crippen molar-refractivity contribution in [2.75, 3.05) is 0 Å². The Hall–Kier alpha value is -0.107. The van der Waals surface area contributed by atoms with Gasteiger partial charge in [0.1, 0.15) is 0 Å². The van der Waals surface area contributed by atoms with Crippen LogP contribution in [0.1, 0.15) is 0 Å². The SMILES string of the molecule is Fc1cc[c-]cc1.[F][Zr][F]. The monoisotopic (exact) mass is 223 g/mol. The Bertz CT molecular complexity index is 154. The van der Waals surface area contributed by atoms with E-state index in [0.29, 0.717) is 0 Å². The molecule has 0 N–H and O–H groups in total. The normalized spacial score (nSPS) is 7.50. The predicted molar refractivity (Wildman–Crippen MR) is 27.5 cm³/mol. The fraction of sp³-hybridized carbons (Fsp3) is 0. The number of benzene rings is 1. The van der Waals surface area contributed by atoms with Gasteiger partial charge in [0.05, 0.1) is 0 Å². The van der Waals surface area contributed by atoms with Gasteiger partial charge in [-0.25, -0.2) is 4.39 Å². The fourth-order valence-electron chi connectivity index (χ4n) is 0.367. The third kappa shape index (κ3) is 6.02. The van der Waals surface area contributed by atoms with E-state index in [1.165, 1.54) is 24.3 Å². The van der Waals surface area contributed by atoms with E-state index >= 15 is 0 Å². The molecule has 0 aliphatic rings. The molecule has 0 nitrogen and oxygen atoms in total. The zero-order chi connectivity index (χ0) is 7.82.